The molecular formula is C9H18O. The molecule has 2 atom stereocenters. The summed E-state index contributed by atoms with van der Waals surface area (Å²) in [7, 11) is 0. The van der Waals surface area contributed by atoms with Crippen molar-refractivity contribution in [3.8, 4) is 0 Å². The van der Waals surface area contributed by atoms with Crippen LogP contribution >= 0.6 is 0 Å². The molecule has 1 N–H and O–H groups in total. The van der Waals surface area contributed by atoms with Crippen LogP contribution in [0, 0.1) is 17.8 Å². The van der Waals surface area contributed by atoms with Gasteiger partial charge in [0.1, 0.15) is 0 Å². The highest BCUT2D eigenvalue weighted by Crippen LogP contribution is 2.41. The van der Waals surface area contributed by atoms with Crippen molar-refractivity contribution < 1.29 is 5.11 Å². The molecule has 1 fully saturated rings. The van der Waals surface area contributed by atoms with E-state index in [1.165, 1.54) is 19.3 Å². The van der Waals surface area contributed by atoms with E-state index >= 15 is 0 Å². The van der Waals surface area contributed by atoms with Crippen LogP contribution in [-0.2, 0) is 0 Å². The van der Waals surface area contributed by atoms with E-state index in [0.717, 1.165) is 11.8 Å². The lowest BCUT2D eigenvalue weighted by Crippen LogP contribution is -2.16. The van der Waals surface area contributed by atoms with Crippen LogP contribution < -0.4 is 0 Å². The summed E-state index contributed by atoms with van der Waals surface area (Å²) in [4.78, 5) is 0. The molecule has 1 saturated carbocycles. The van der Waals surface area contributed by atoms with Gasteiger partial charge >= 0.3 is 0 Å². The van der Waals surface area contributed by atoms with E-state index in [4.69, 9.17) is 5.11 Å². The highest BCUT2D eigenvalue weighted by molar-refractivity contribution is 4.83. The molecule has 0 spiro atoms. The summed E-state index contributed by atoms with van der Waals surface area (Å²) in [6, 6.07) is 0. The first-order valence-corrected chi connectivity index (χ1v) is 4.40. The molecule has 0 bridgehead atoms. The van der Waals surface area contributed by atoms with Gasteiger partial charge in [0.05, 0.1) is 0 Å². The van der Waals surface area contributed by atoms with Crippen molar-refractivity contribution in [2.45, 2.75) is 33.1 Å². The highest BCUT2D eigenvalue weighted by atomic mass is 16.3. The lowest BCUT2D eigenvalue weighted by Gasteiger charge is -2.19. The van der Waals surface area contributed by atoms with Crippen LogP contribution in [0.4, 0.5) is 0 Å². The zero-order valence-corrected chi connectivity index (χ0v) is 7.01. The number of hydrogen-bond acceptors (Lipinski definition) is 1. The van der Waals surface area contributed by atoms with Gasteiger partial charge in [0.2, 0.25) is 0 Å². The van der Waals surface area contributed by atoms with Gasteiger partial charge in [0.15, 0.2) is 0 Å². The van der Waals surface area contributed by atoms with Gasteiger partial charge in [0, 0.05) is 6.61 Å². The Morgan fingerprint density at radius 2 is 2.10 bits per heavy atom. The maximum Gasteiger partial charge on any atom is 0.0459 e. The molecule has 1 aliphatic rings. The topological polar surface area (TPSA) is 20.2 Å². The van der Waals surface area contributed by atoms with Crippen LogP contribution in [0.1, 0.15) is 33.1 Å². The van der Waals surface area contributed by atoms with Crippen LogP contribution in [0.25, 0.3) is 0 Å². The van der Waals surface area contributed by atoms with Crippen molar-refractivity contribution in [1.82, 2.24) is 0 Å². The predicted molar refractivity (Wildman–Crippen MR) is 42.8 cm³/mol. The molecule has 1 heteroatoms. The summed E-state index contributed by atoms with van der Waals surface area (Å²) in [6.07, 6.45) is 4.05. The van der Waals surface area contributed by atoms with E-state index in [1.54, 1.807) is 0 Å². The lowest BCUT2D eigenvalue weighted by atomic mass is 9.88. The van der Waals surface area contributed by atoms with Crippen LogP contribution in [0.5, 0.6) is 0 Å². The summed E-state index contributed by atoms with van der Waals surface area (Å²) < 4.78 is 0. The first-order chi connectivity index (χ1) is 4.79. The first kappa shape index (κ1) is 8.06. The quantitative estimate of drug-likeness (QED) is 0.637. The van der Waals surface area contributed by atoms with Crippen LogP contribution in [0.2, 0.25) is 0 Å². The summed E-state index contributed by atoms with van der Waals surface area (Å²) in [5.41, 5.74) is 0. The predicted octanol–water partition coefficient (Wildman–Crippen LogP) is 2.05. The Kier molecular flexibility index (Phi) is 2.72. The van der Waals surface area contributed by atoms with Gasteiger partial charge in [-0.1, -0.05) is 20.3 Å². The van der Waals surface area contributed by atoms with Crippen LogP contribution in [0.15, 0.2) is 0 Å². The van der Waals surface area contributed by atoms with Crippen LogP contribution in [0.3, 0.4) is 0 Å². The Labute approximate surface area is 63.4 Å². The molecule has 1 rings (SSSR count). The molecule has 0 heterocycles. The minimum atomic E-state index is 0.370. The zero-order chi connectivity index (χ0) is 7.56. The Hall–Kier alpha value is -0.0400. The van der Waals surface area contributed by atoms with Gasteiger partial charge in [-0.15, -0.1) is 0 Å². The molecule has 2 unspecified atom stereocenters. The molecule has 0 saturated heterocycles. The molecule has 0 amide bonds. The molecule has 0 aromatic carbocycles. The Balaban J connectivity index is 2.30. The maximum absolute atomic E-state index is 8.91. The molecule has 0 aromatic rings. The normalized spacial score (nSPS) is 24.3. The zero-order valence-electron chi connectivity index (χ0n) is 7.01. The molecular weight excluding hydrogens is 124 g/mol. The van der Waals surface area contributed by atoms with Crippen molar-refractivity contribution in [1.29, 1.82) is 0 Å². The van der Waals surface area contributed by atoms with E-state index in [2.05, 4.69) is 13.8 Å². The van der Waals surface area contributed by atoms with Crippen molar-refractivity contribution in [2.24, 2.45) is 17.8 Å². The Bertz CT molecular complexity index is 96.9. The minimum Gasteiger partial charge on any atom is -0.396 e. The van der Waals surface area contributed by atoms with Gasteiger partial charge in [-0.2, -0.15) is 0 Å². The highest BCUT2D eigenvalue weighted by Gasteiger charge is 2.32. The maximum atomic E-state index is 8.91. The first-order valence-electron chi connectivity index (χ1n) is 4.40. The number of aliphatic hydroxyl groups is 1. The molecule has 0 radical (unpaired) electrons. The second kappa shape index (κ2) is 3.38. The molecule has 0 aliphatic heterocycles. The van der Waals surface area contributed by atoms with Gasteiger partial charge in [-0.05, 0) is 30.6 Å². The average Bonchev–Trinajstić information content (AvgIpc) is 2.73. The number of rotatable bonds is 4. The van der Waals surface area contributed by atoms with E-state index in [1.807, 2.05) is 0 Å². The summed E-state index contributed by atoms with van der Waals surface area (Å²) in [6.45, 7) is 4.76. The third kappa shape index (κ3) is 1.72. The second-order valence-corrected chi connectivity index (χ2v) is 3.57. The monoisotopic (exact) mass is 142 g/mol. The fraction of sp³-hybridized carbons (Fsp3) is 1.00. The smallest absolute Gasteiger partial charge is 0.0459 e. The summed E-state index contributed by atoms with van der Waals surface area (Å²) in [5, 5.41) is 8.91. The van der Waals surface area contributed by atoms with Crippen molar-refractivity contribution >= 4 is 0 Å². The molecule has 0 aromatic heterocycles. The van der Waals surface area contributed by atoms with Gasteiger partial charge < -0.3 is 5.11 Å². The largest absolute Gasteiger partial charge is 0.396 e. The van der Waals surface area contributed by atoms with Gasteiger partial charge in [-0.3, -0.25) is 0 Å². The lowest BCUT2D eigenvalue weighted by molar-refractivity contribution is 0.172. The minimum absolute atomic E-state index is 0.370. The third-order valence-corrected chi connectivity index (χ3v) is 2.72. The van der Waals surface area contributed by atoms with Crippen molar-refractivity contribution in [2.75, 3.05) is 6.61 Å². The molecule has 1 aliphatic carbocycles. The number of aliphatic hydroxyl groups excluding tert-OH is 1. The van der Waals surface area contributed by atoms with E-state index < -0.39 is 0 Å². The average molecular weight is 142 g/mol. The molecule has 1 nitrogen and oxygen atoms in total. The summed E-state index contributed by atoms with van der Waals surface area (Å²) >= 11 is 0. The van der Waals surface area contributed by atoms with Crippen molar-refractivity contribution in [3.05, 3.63) is 0 Å². The number of hydrogen-bond donors (Lipinski definition) is 1. The fourth-order valence-electron chi connectivity index (χ4n) is 1.86. The third-order valence-electron chi connectivity index (χ3n) is 2.72. The molecule has 60 valence electrons. The van der Waals surface area contributed by atoms with Gasteiger partial charge in [0.25, 0.3) is 0 Å². The van der Waals surface area contributed by atoms with E-state index in [0.29, 0.717) is 12.5 Å². The van der Waals surface area contributed by atoms with Crippen molar-refractivity contribution in [3.63, 3.8) is 0 Å². The SMILES string of the molecule is CCC(C(C)CO)C1CC1. The Morgan fingerprint density at radius 1 is 1.50 bits per heavy atom. The van der Waals surface area contributed by atoms with E-state index in [9.17, 15) is 0 Å². The van der Waals surface area contributed by atoms with Gasteiger partial charge in [-0.25, -0.2) is 0 Å². The standard InChI is InChI=1S/C9H18O/c1-3-9(7(2)6-10)8-4-5-8/h7-10H,3-6H2,1-2H3. The van der Waals surface area contributed by atoms with E-state index in [-0.39, 0.29) is 0 Å². The fourth-order valence-corrected chi connectivity index (χ4v) is 1.86. The Morgan fingerprint density at radius 3 is 2.40 bits per heavy atom. The summed E-state index contributed by atoms with van der Waals surface area (Å²) in [5.74, 6) is 2.27. The second-order valence-electron chi connectivity index (χ2n) is 3.57. The van der Waals surface area contributed by atoms with Crippen LogP contribution in [-0.4, -0.2) is 11.7 Å². The molecule has 10 heavy (non-hydrogen) atoms.